The van der Waals surface area contributed by atoms with Gasteiger partial charge in [-0.05, 0) is 31.0 Å². The SMILES string of the molecule is CC(=O)N(CC(=O)NC1CCCCCC1)c1cccc(C(F)(F)F)c1. The van der Waals surface area contributed by atoms with E-state index in [1.54, 1.807) is 0 Å². The molecule has 0 saturated heterocycles. The molecule has 0 unspecified atom stereocenters. The van der Waals surface area contributed by atoms with Gasteiger partial charge in [-0.2, -0.15) is 13.2 Å². The second-order valence-corrected chi connectivity index (χ2v) is 6.41. The quantitative estimate of drug-likeness (QED) is 0.832. The minimum atomic E-state index is -4.50. The molecule has 0 heterocycles. The Labute approximate surface area is 145 Å². The molecule has 1 N–H and O–H groups in total. The molecule has 2 rings (SSSR count). The van der Waals surface area contributed by atoms with Gasteiger partial charge in [0.05, 0.1) is 5.56 Å². The molecule has 0 atom stereocenters. The number of rotatable bonds is 4. The van der Waals surface area contributed by atoms with Gasteiger partial charge in [-0.15, -0.1) is 0 Å². The number of amides is 2. The molecule has 25 heavy (non-hydrogen) atoms. The summed E-state index contributed by atoms with van der Waals surface area (Å²) in [5.74, 6) is -0.824. The average Bonchev–Trinajstić information content (AvgIpc) is 2.80. The zero-order chi connectivity index (χ0) is 18.4. The molecule has 2 amide bonds. The highest BCUT2D eigenvalue weighted by molar-refractivity contribution is 5.97. The number of nitrogens with zero attached hydrogens (tertiary/aromatic N) is 1. The lowest BCUT2D eigenvalue weighted by atomic mass is 10.1. The average molecular weight is 356 g/mol. The van der Waals surface area contributed by atoms with Crippen LogP contribution in [0.1, 0.15) is 51.0 Å². The minimum absolute atomic E-state index is 0.0679. The summed E-state index contributed by atoms with van der Waals surface area (Å²) in [6, 6.07) is 4.53. The predicted molar refractivity (Wildman–Crippen MR) is 89.1 cm³/mol. The van der Waals surface area contributed by atoms with Crippen molar-refractivity contribution in [3.8, 4) is 0 Å². The number of halogens is 3. The fourth-order valence-electron chi connectivity index (χ4n) is 3.08. The number of hydrogen-bond acceptors (Lipinski definition) is 2. The van der Waals surface area contributed by atoms with Crippen molar-refractivity contribution >= 4 is 17.5 Å². The summed E-state index contributed by atoms with van der Waals surface area (Å²) >= 11 is 0. The summed E-state index contributed by atoms with van der Waals surface area (Å²) < 4.78 is 38.6. The van der Waals surface area contributed by atoms with Crippen molar-refractivity contribution < 1.29 is 22.8 Å². The van der Waals surface area contributed by atoms with Crippen molar-refractivity contribution in [3.63, 3.8) is 0 Å². The van der Waals surface area contributed by atoms with Crippen LogP contribution in [0, 0.1) is 0 Å². The highest BCUT2D eigenvalue weighted by Gasteiger charge is 2.31. The van der Waals surface area contributed by atoms with Gasteiger partial charge in [0.1, 0.15) is 6.54 Å². The van der Waals surface area contributed by atoms with E-state index in [2.05, 4.69) is 5.32 Å². The first-order valence-corrected chi connectivity index (χ1v) is 8.52. The number of alkyl halides is 3. The smallest absolute Gasteiger partial charge is 0.352 e. The van der Waals surface area contributed by atoms with E-state index < -0.39 is 17.6 Å². The molecule has 0 spiro atoms. The first kappa shape index (κ1) is 19.3. The summed E-state index contributed by atoms with van der Waals surface area (Å²) in [5, 5.41) is 2.90. The van der Waals surface area contributed by atoms with Gasteiger partial charge >= 0.3 is 6.18 Å². The van der Waals surface area contributed by atoms with Crippen LogP contribution >= 0.6 is 0 Å². The van der Waals surface area contributed by atoms with Crippen molar-refractivity contribution in [3.05, 3.63) is 29.8 Å². The van der Waals surface area contributed by atoms with Crippen molar-refractivity contribution in [2.45, 2.75) is 57.7 Å². The summed E-state index contributed by atoms with van der Waals surface area (Å²) in [6.07, 6.45) is 1.70. The highest BCUT2D eigenvalue weighted by atomic mass is 19.4. The van der Waals surface area contributed by atoms with Gasteiger partial charge in [0.15, 0.2) is 0 Å². The molecule has 1 aliphatic rings. The Morgan fingerprint density at radius 3 is 2.36 bits per heavy atom. The maximum atomic E-state index is 12.9. The van der Waals surface area contributed by atoms with Gasteiger partial charge in [0, 0.05) is 18.7 Å². The third-order valence-electron chi connectivity index (χ3n) is 4.39. The highest BCUT2D eigenvalue weighted by Crippen LogP contribution is 2.31. The van der Waals surface area contributed by atoms with E-state index in [-0.39, 0.29) is 24.2 Å². The standard InChI is InChI=1S/C18H23F3N2O2/c1-13(24)23(16-10-6-7-14(11-16)18(19,20)21)12-17(25)22-15-8-4-2-3-5-9-15/h6-7,10-11,15H,2-5,8-9,12H2,1H3,(H,22,25). The molecule has 7 heteroatoms. The number of anilines is 1. The molecule has 0 bridgehead atoms. The number of carbonyl (C=O) groups is 2. The zero-order valence-corrected chi connectivity index (χ0v) is 14.2. The second kappa shape index (κ2) is 8.36. The van der Waals surface area contributed by atoms with E-state index in [1.165, 1.54) is 19.1 Å². The van der Waals surface area contributed by atoms with Crippen molar-refractivity contribution in [1.29, 1.82) is 0 Å². The van der Waals surface area contributed by atoms with E-state index in [4.69, 9.17) is 0 Å². The van der Waals surface area contributed by atoms with E-state index in [1.807, 2.05) is 0 Å². The van der Waals surface area contributed by atoms with E-state index >= 15 is 0 Å². The van der Waals surface area contributed by atoms with Crippen molar-refractivity contribution in [1.82, 2.24) is 5.32 Å². The Morgan fingerprint density at radius 1 is 1.16 bits per heavy atom. The molecule has 1 aliphatic carbocycles. The topological polar surface area (TPSA) is 49.4 Å². The number of nitrogens with one attached hydrogen (secondary N) is 1. The summed E-state index contributed by atoms with van der Waals surface area (Å²) in [7, 11) is 0. The normalized spacial score (nSPS) is 16.2. The van der Waals surface area contributed by atoms with Crippen LogP contribution in [0.3, 0.4) is 0 Å². The summed E-state index contributed by atoms with van der Waals surface area (Å²) in [4.78, 5) is 25.2. The van der Waals surface area contributed by atoms with Crippen molar-refractivity contribution in [2.24, 2.45) is 0 Å². The lowest BCUT2D eigenvalue weighted by Gasteiger charge is -2.23. The molecule has 4 nitrogen and oxygen atoms in total. The maximum absolute atomic E-state index is 12.9. The van der Waals surface area contributed by atoms with Crippen LogP contribution in [-0.4, -0.2) is 24.4 Å². The van der Waals surface area contributed by atoms with Gasteiger partial charge in [-0.25, -0.2) is 0 Å². The summed E-state index contributed by atoms with van der Waals surface area (Å²) in [5.41, 5.74) is -0.779. The molecule has 1 aromatic carbocycles. The van der Waals surface area contributed by atoms with Gasteiger partial charge in [0.25, 0.3) is 0 Å². The Kier molecular flexibility index (Phi) is 6.45. The van der Waals surface area contributed by atoms with Crippen LogP contribution in [-0.2, 0) is 15.8 Å². The molecule has 0 radical (unpaired) electrons. The van der Waals surface area contributed by atoms with Gasteiger partial charge in [-0.1, -0.05) is 31.7 Å². The Morgan fingerprint density at radius 2 is 1.80 bits per heavy atom. The third kappa shape index (κ3) is 5.76. The van der Waals surface area contributed by atoms with E-state index in [0.717, 1.165) is 55.6 Å². The molecule has 1 fully saturated rings. The second-order valence-electron chi connectivity index (χ2n) is 6.41. The molecular weight excluding hydrogens is 333 g/mol. The van der Waals surface area contributed by atoms with Crippen LogP contribution < -0.4 is 10.2 Å². The molecule has 0 aliphatic heterocycles. The molecule has 0 aromatic heterocycles. The van der Waals surface area contributed by atoms with Crippen LogP contribution in [0.5, 0.6) is 0 Å². The molecule has 1 aromatic rings. The van der Waals surface area contributed by atoms with Gasteiger partial charge in [-0.3, -0.25) is 9.59 Å². The molecule has 1 saturated carbocycles. The largest absolute Gasteiger partial charge is 0.416 e. The third-order valence-corrected chi connectivity index (χ3v) is 4.39. The Hall–Kier alpha value is -2.05. The number of hydrogen-bond donors (Lipinski definition) is 1. The van der Waals surface area contributed by atoms with Crippen LogP contribution in [0.15, 0.2) is 24.3 Å². The maximum Gasteiger partial charge on any atom is 0.416 e. The monoisotopic (exact) mass is 356 g/mol. The van der Waals surface area contributed by atoms with Crippen molar-refractivity contribution in [2.75, 3.05) is 11.4 Å². The van der Waals surface area contributed by atoms with E-state index in [9.17, 15) is 22.8 Å². The van der Waals surface area contributed by atoms with Crippen LogP contribution in [0.4, 0.5) is 18.9 Å². The lowest BCUT2D eigenvalue weighted by Crippen LogP contribution is -2.43. The Bertz CT molecular complexity index is 609. The first-order valence-electron chi connectivity index (χ1n) is 8.52. The van der Waals surface area contributed by atoms with E-state index in [0.29, 0.717) is 0 Å². The summed E-state index contributed by atoms with van der Waals surface area (Å²) in [6.45, 7) is 0.951. The fraction of sp³-hybridized carbons (Fsp3) is 0.556. The minimum Gasteiger partial charge on any atom is -0.352 e. The molecule has 138 valence electrons. The zero-order valence-electron chi connectivity index (χ0n) is 14.2. The Balaban J connectivity index is 2.08. The molecular formula is C18H23F3N2O2. The fourth-order valence-corrected chi connectivity index (χ4v) is 3.08. The lowest BCUT2D eigenvalue weighted by molar-refractivity contribution is -0.137. The van der Waals surface area contributed by atoms with Crippen LogP contribution in [0.25, 0.3) is 0 Å². The van der Waals surface area contributed by atoms with Gasteiger partial charge in [0.2, 0.25) is 11.8 Å². The predicted octanol–water partition coefficient (Wildman–Crippen LogP) is 3.90. The number of carbonyl (C=O) groups excluding carboxylic acids is 2. The van der Waals surface area contributed by atoms with Crippen LogP contribution in [0.2, 0.25) is 0 Å². The first-order chi connectivity index (χ1) is 11.8. The van der Waals surface area contributed by atoms with Gasteiger partial charge < -0.3 is 10.2 Å². The number of benzene rings is 1.